The molecule has 1 aliphatic carbocycles. The van der Waals surface area contributed by atoms with E-state index in [2.05, 4.69) is 0 Å². The molecular weight excluding hydrogens is 401 g/mol. The molecule has 29 heavy (non-hydrogen) atoms. The lowest BCUT2D eigenvalue weighted by Crippen LogP contribution is -2.61. The van der Waals surface area contributed by atoms with Crippen LogP contribution in [0.25, 0.3) is 0 Å². The molecule has 5 atom stereocenters. The molecule has 1 aliphatic heterocycles. The lowest BCUT2D eigenvalue weighted by atomic mass is 9.89. The summed E-state index contributed by atoms with van der Waals surface area (Å²) in [6.07, 6.45) is 3.45. The molecule has 0 spiro atoms. The fourth-order valence-electron chi connectivity index (χ4n) is 4.62. The van der Waals surface area contributed by atoms with Crippen LogP contribution in [0.2, 0.25) is 0 Å². The Hall–Kier alpha value is -1.35. The highest BCUT2D eigenvalue weighted by Crippen LogP contribution is 2.40. The monoisotopic (exact) mass is 431 g/mol. The molecule has 0 radical (unpaired) electrons. The number of rotatable bonds is 8. The molecule has 0 bridgehead atoms. The van der Waals surface area contributed by atoms with Gasteiger partial charge in [-0.25, -0.2) is 0 Å². The SMILES string of the molecule is COc1ccc(O[C@H]2CCCC[C@@H]2[N@@+]2(COP(=O)([O-])O)CC[C@@H](O)C2)cc1OC. The van der Waals surface area contributed by atoms with Crippen molar-refractivity contribution < 1.29 is 42.7 Å². The molecule has 2 aliphatic rings. The summed E-state index contributed by atoms with van der Waals surface area (Å²) < 4.78 is 33.2. The average Bonchev–Trinajstić information content (AvgIpc) is 3.08. The van der Waals surface area contributed by atoms with Gasteiger partial charge in [-0.1, -0.05) is 0 Å². The van der Waals surface area contributed by atoms with Crippen molar-refractivity contribution in [2.24, 2.45) is 0 Å². The highest BCUT2D eigenvalue weighted by atomic mass is 31.2. The molecule has 2 fully saturated rings. The van der Waals surface area contributed by atoms with E-state index >= 15 is 0 Å². The Labute approximate surface area is 171 Å². The van der Waals surface area contributed by atoms with Crippen molar-refractivity contribution in [3.63, 3.8) is 0 Å². The molecular formula is C19H30NO8P. The van der Waals surface area contributed by atoms with Gasteiger partial charge in [-0.2, -0.15) is 0 Å². The maximum Gasteiger partial charge on any atom is 0.269 e. The summed E-state index contributed by atoms with van der Waals surface area (Å²) in [5, 5.41) is 10.2. The number of hydrogen-bond donors (Lipinski definition) is 2. The van der Waals surface area contributed by atoms with Gasteiger partial charge in [0.25, 0.3) is 7.82 Å². The first-order valence-electron chi connectivity index (χ1n) is 9.87. The number of methoxy groups -OCH3 is 2. The minimum absolute atomic E-state index is 0.0550. The van der Waals surface area contributed by atoms with Crippen LogP contribution in [-0.4, -0.2) is 66.8 Å². The number of phosphoric acid groups is 1. The van der Waals surface area contributed by atoms with Crippen LogP contribution in [0.3, 0.4) is 0 Å². The summed E-state index contributed by atoms with van der Waals surface area (Å²) in [4.78, 5) is 20.3. The predicted octanol–water partition coefficient (Wildman–Crippen LogP) is 1.41. The van der Waals surface area contributed by atoms with Crippen LogP contribution in [0.4, 0.5) is 0 Å². The van der Waals surface area contributed by atoms with Gasteiger partial charge in [0.05, 0.1) is 20.8 Å². The maximum absolute atomic E-state index is 11.2. The average molecular weight is 431 g/mol. The van der Waals surface area contributed by atoms with Gasteiger partial charge >= 0.3 is 0 Å². The Morgan fingerprint density at radius 1 is 1.17 bits per heavy atom. The largest absolute Gasteiger partial charge is 0.756 e. The van der Waals surface area contributed by atoms with E-state index in [0.29, 0.717) is 36.8 Å². The predicted molar refractivity (Wildman–Crippen MR) is 103 cm³/mol. The minimum Gasteiger partial charge on any atom is -0.756 e. The molecule has 1 saturated heterocycles. The molecule has 2 N–H and O–H groups in total. The number of aliphatic hydroxyl groups excluding tert-OH is 1. The van der Waals surface area contributed by atoms with Crippen molar-refractivity contribution >= 4 is 7.82 Å². The van der Waals surface area contributed by atoms with E-state index in [4.69, 9.17) is 23.6 Å². The third-order valence-corrected chi connectivity index (χ3v) is 6.42. The lowest BCUT2D eigenvalue weighted by Gasteiger charge is -2.46. The van der Waals surface area contributed by atoms with E-state index in [0.717, 1.165) is 25.7 Å². The van der Waals surface area contributed by atoms with E-state index < -0.39 is 13.9 Å². The molecule has 1 aromatic rings. The first-order valence-corrected chi connectivity index (χ1v) is 11.4. The molecule has 1 unspecified atom stereocenters. The summed E-state index contributed by atoms with van der Waals surface area (Å²) in [5.74, 6) is 1.80. The highest BCUT2D eigenvalue weighted by molar-refractivity contribution is 7.44. The quantitative estimate of drug-likeness (QED) is 0.469. The van der Waals surface area contributed by atoms with E-state index in [1.807, 2.05) is 6.07 Å². The van der Waals surface area contributed by atoms with Crippen molar-refractivity contribution in [2.45, 2.75) is 50.4 Å². The minimum atomic E-state index is -4.86. The first-order chi connectivity index (χ1) is 13.8. The smallest absolute Gasteiger partial charge is 0.269 e. The third kappa shape index (κ3) is 5.42. The van der Waals surface area contributed by atoms with Crippen LogP contribution in [0.15, 0.2) is 18.2 Å². The normalized spacial score (nSPS) is 31.8. The van der Waals surface area contributed by atoms with Crippen LogP contribution in [0.5, 0.6) is 17.2 Å². The van der Waals surface area contributed by atoms with Gasteiger partial charge in [0.15, 0.2) is 24.3 Å². The van der Waals surface area contributed by atoms with Crippen LogP contribution < -0.4 is 19.1 Å². The molecule has 0 amide bonds. The van der Waals surface area contributed by atoms with Crippen LogP contribution in [0.1, 0.15) is 32.1 Å². The Morgan fingerprint density at radius 3 is 2.52 bits per heavy atom. The molecule has 10 heteroatoms. The summed E-state index contributed by atoms with van der Waals surface area (Å²) >= 11 is 0. The zero-order valence-electron chi connectivity index (χ0n) is 16.9. The number of nitrogens with zero attached hydrogens (tertiary/aromatic N) is 1. The second-order valence-electron chi connectivity index (χ2n) is 7.82. The number of phosphoric ester groups is 1. The second kappa shape index (κ2) is 9.20. The van der Waals surface area contributed by atoms with E-state index in [9.17, 15) is 14.6 Å². The fraction of sp³-hybridized carbons (Fsp3) is 0.684. The molecule has 9 nitrogen and oxygen atoms in total. The zero-order valence-corrected chi connectivity index (χ0v) is 17.8. The first kappa shape index (κ1) is 22.3. The van der Waals surface area contributed by atoms with Gasteiger partial charge in [0.1, 0.15) is 24.4 Å². The standard InChI is InChI=1S/C19H30NO8P/c1-25-18-8-7-15(11-19(18)26-2)28-17-6-4-3-5-16(17)20(10-9-14(21)12-20)13-27-29(22,23)24/h7-8,11,14,16-17,21H,3-6,9-10,12-13H2,1-2H3,(H-,22,23,24)/t14-,16+,17+,20+/m1/s1. The zero-order chi connectivity index (χ0) is 21.1. The number of hydrogen-bond acceptors (Lipinski definition) is 7. The molecule has 0 aromatic heterocycles. The second-order valence-corrected chi connectivity index (χ2v) is 9.01. The third-order valence-electron chi connectivity index (χ3n) is 5.97. The van der Waals surface area contributed by atoms with Crippen molar-refractivity contribution in [1.82, 2.24) is 0 Å². The number of ether oxygens (including phenoxy) is 3. The fourth-order valence-corrected chi connectivity index (χ4v) is 4.99. The Morgan fingerprint density at radius 2 is 1.90 bits per heavy atom. The van der Waals surface area contributed by atoms with Crippen LogP contribution in [-0.2, 0) is 9.09 Å². The van der Waals surface area contributed by atoms with Crippen molar-refractivity contribution in [2.75, 3.05) is 34.0 Å². The van der Waals surface area contributed by atoms with Crippen LogP contribution >= 0.6 is 7.82 Å². The van der Waals surface area contributed by atoms with E-state index in [1.54, 1.807) is 26.4 Å². The summed E-state index contributed by atoms with van der Waals surface area (Å²) in [6, 6.07) is 5.30. The van der Waals surface area contributed by atoms with Gasteiger partial charge in [-0.15, -0.1) is 0 Å². The molecule has 3 rings (SSSR count). The summed E-state index contributed by atoms with van der Waals surface area (Å²) in [6.45, 7) is 0.735. The maximum atomic E-state index is 11.2. The van der Waals surface area contributed by atoms with Gasteiger partial charge in [0.2, 0.25) is 0 Å². The lowest BCUT2D eigenvalue weighted by molar-refractivity contribution is -0.959. The molecule has 1 aromatic carbocycles. The molecule has 1 heterocycles. The molecule has 1 saturated carbocycles. The van der Waals surface area contributed by atoms with Crippen LogP contribution in [0, 0.1) is 0 Å². The Kier molecular flexibility index (Phi) is 7.09. The van der Waals surface area contributed by atoms with Gasteiger partial charge in [-0.05, 0) is 31.4 Å². The number of benzene rings is 1. The van der Waals surface area contributed by atoms with E-state index in [1.165, 1.54) is 0 Å². The summed E-state index contributed by atoms with van der Waals surface area (Å²) in [7, 11) is -1.73. The van der Waals surface area contributed by atoms with Gasteiger partial charge in [0, 0.05) is 18.9 Å². The number of likely N-dealkylation sites (tertiary alicyclic amines) is 1. The summed E-state index contributed by atoms with van der Waals surface area (Å²) in [5.41, 5.74) is 0. The van der Waals surface area contributed by atoms with Crippen molar-refractivity contribution in [3.8, 4) is 17.2 Å². The number of aliphatic hydroxyl groups is 1. The van der Waals surface area contributed by atoms with Gasteiger partial charge in [-0.3, -0.25) is 13.6 Å². The Balaban J connectivity index is 1.82. The Bertz CT molecular complexity index is 741. The van der Waals surface area contributed by atoms with E-state index in [-0.39, 0.29) is 23.4 Å². The topological polar surface area (TPSA) is 118 Å². The van der Waals surface area contributed by atoms with Crippen molar-refractivity contribution in [1.29, 1.82) is 0 Å². The van der Waals surface area contributed by atoms with Crippen molar-refractivity contribution in [3.05, 3.63) is 18.2 Å². The molecule has 164 valence electrons. The van der Waals surface area contributed by atoms with Gasteiger partial charge < -0.3 is 29.1 Å². The number of quaternary nitrogens is 1. The highest BCUT2D eigenvalue weighted by Gasteiger charge is 2.49.